The van der Waals surface area contributed by atoms with E-state index in [4.69, 9.17) is 4.74 Å². The molecule has 0 amide bonds. The van der Waals surface area contributed by atoms with Crippen molar-refractivity contribution in [1.82, 2.24) is 10.2 Å². The Kier molecular flexibility index (Phi) is 5.11. The molecule has 0 bridgehead atoms. The maximum Gasteiger partial charge on any atom is 0.416 e. The molecular weight excluding hydrogens is 281 g/mol. The molecule has 0 aromatic heterocycles. The van der Waals surface area contributed by atoms with Crippen molar-refractivity contribution in [3.63, 3.8) is 0 Å². The smallest absolute Gasteiger partial charge is 0.416 e. The van der Waals surface area contributed by atoms with Gasteiger partial charge in [0, 0.05) is 37.8 Å². The molecule has 1 unspecified atom stereocenters. The average molecular weight is 302 g/mol. The SMILES string of the molecule is CCOc1ccc(C(F)(F)F)cc1CN1CCNC(C)C1. The van der Waals surface area contributed by atoms with E-state index >= 15 is 0 Å². The van der Waals surface area contributed by atoms with Crippen LogP contribution in [0.15, 0.2) is 18.2 Å². The van der Waals surface area contributed by atoms with Crippen molar-refractivity contribution in [3.05, 3.63) is 29.3 Å². The Balaban J connectivity index is 2.21. The van der Waals surface area contributed by atoms with Crippen LogP contribution < -0.4 is 10.1 Å². The summed E-state index contributed by atoms with van der Waals surface area (Å²) < 4.78 is 44.0. The van der Waals surface area contributed by atoms with Crippen molar-refractivity contribution in [2.75, 3.05) is 26.2 Å². The van der Waals surface area contributed by atoms with Crippen LogP contribution in [0.1, 0.15) is 25.0 Å². The predicted molar refractivity (Wildman–Crippen MR) is 75.4 cm³/mol. The van der Waals surface area contributed by atoms with Gasteiger partial charge in [0.25, 0.3) is 0 Å². The first-order valence-corrected chi connectivity index (χ1v) is 7.18. The zero-order chi connectivity index (χ0) is 15.5. The van der Waals surface area contributed by atoms with Crippen molar-refractivity contribution < 1.29 is 17.9 Å². The van der Waals surface area contributed by atoms with Gasteiger partial charge in [-0.05, 0) is 32.0 Å². The molecule has 1 aliphatic heterocycles. The van der Waals surface area contributed by atoms with Crippen LogP contribution in [0, 0.1) is 0 Å². The van der Waals surface area contributed by atoms with Gasteiger partial charge < -0.3 is 10.1 Å². The second kappa shape index (κ2) is 6.66. The lowest BCUT2D eigenvalue weighted by Crippen LogP contribution is -2.48. The summed E-state index contributed by atoms with van der Waals surface area (Å²) >= 11 is 0. The summed E-state index contributed by atoms with van der Waals surface area (Å²) in [7, 11) is 0. The number of hydrogen-bond acceptors (Lipinski definition) is 3. The van der Waals surface area contributed by atoms with Crippen molar-refractivity contribution >= 4 is 0 Å². The number of ether oxygens (including phenoxy) is 1. The van der Waals surface area contributed by atoms with Gasteiger partial charge in [0.15, 0.2) is 0 Å². The number of rotatable bonds is 4. The van der Waals surface area contributed by atoms with Crippen molar-refractivity contribution in [2.24, 2.45) is 0 Å². The number of piperazine rings is 1. The maximum atomic E-state index is 12.9. The third-order valence-corrected chi connectivity index (χ3v) is 3.53. The lowest BCUT2D eigenvalue weighted by atomic mass is 10.1. The van der Waals surface area contributed by atoms with Crippen LogP contribution >= 0.6 is 0 Å². The van der Waals surface area contributed by atoms with Gasteiger partial charge in [-0.2, -0.15) is 13.2 Å². The molecule has 118 valence electrons. The summed E-state index contributed by atoms with van der Waals surface area (Å²) in [4.78, 5) is 2.15. The van der Waals surface area contributed by atoms with Crippen LogP contribution in [0.2, 0.25) is 0 Å². The van der Waals surface area contributed by atoms with Crippen molar-refractivity contribution in [3.8, 4) is 5.75 Å². The molecule has 1 aromatic rings. The Morgan fingerprint density at radius 3 is 2.76 bits per heavy atom. The zero-order valence-corrected chi connectivity index (χ0v) is 12.3. The standard InChI is InChI=1S/C15H21F3N2O/c1-3-21-14-5-4-13(15(16,17)18)8-12(14)10-20-7-6-19-11(2)9-20/h4-5,8,11,19H,3,6-7,9-10H2,1-2H3. The molecule has 6 heteroatoms. The van der Waals surface area contributed by atoms with Crippen LogP contribution in [0.4, 0.5) is 13.2 Å². The second-order valence-corrected chi connectivity index (χ2v) is 5.34. The van der Waals surface area contributed by atoms with Gasteiger partial charge in [-0.1, -0.05) is 0 Å². The minimum atomic E-state index is -4.32. The molecule has 1 heterocycles. The Hall–Kier alpha value is -1.27. The van der Waals surface area contributed by atoms with E-state index in [2.05, 4.69) is 17.1 Å². The van der Waals surface area contributed by atoms with E-state index in [1.165, 1.54) is 12.1 Å². The molecule has 1 atom stereocenters. The van der Waals surface area contributed by atoms with Gasteiger partial charge in [-0.25, -0.2) is 0 Å². The van der Waals surface area contributed by atoms with Crippen LogP contribution in [-0.2, 0) is 12.7 Å². The highest BCUT2D eigenvalue weighted by Gasteiger charge is 2.31. The number of nitrogens with zero attached hydrogens (tertiary/aromatic N) is 1. The van der Waals surface area contributed by atoms with Crippen molar-refractivity contribution in [2.45, 2.75) is 32.6 Å². The zero-order valence-electron chi connectivity index (χ0n) is 12.3. The summed E-state index contributed by atoms with van der Waals surface area (Å²) in [6.07, 6.45) is -4.32. The highest BCUT2D eigenvalue weighted by molar-refractivity contribution is 5.38. The summed E-state index contributed by atoms with van der Waals surface area (Å²) in [6, 6.07) is 4.06. The van der Waals surface area contributed by atoms with Crippen LogP contribution in [0.5, 0.6) is 5.75 Å². The molecular formula is C15H21F3N2O. The Labute approximate surface area is 123 Å². The van der Waals surface area contributed by atoms with Gasteiger partial charge in [-0.15, -0.1) is 0 Å². The molecule has 0 aliphatic carbocycles. The normalized spacial score (nSPS) is 20.5. The largest absolute Gasteiger partial charge is 0.494 e. The quantitative estimate of drug-likeness (QED) is 0.925. The highest BCUT2D eigenvalue weighted by Crippen LogP contribution is 2.33. The van der Waals surface area contributed by atoms with Gasteiger partial charge in [-0.3, -0.25) is 4.90 Å². The number of nitrogens with one attached hydrogen (secondary N) is 1. The average Bonchev–Trinajstić information content (AvgIpc) is 2.40. The van der Waals surface area contributed by atoms with Crippen LogP contribution in [-0.4, -0.2) is 37.2 Å². The molecule has 1 aromatic carbocycles. The van der Waals surface area contributed by atoms with Gasteiger partial charge in [0.2, 0.25) is 0 Å². The number of halogens is 3. The topological polar surface area (TPSA) is 24.5 Å². The van der Waals surface area contributed by atoms with Gasteiger partial charge in [0.1, 0.15) is 5.75 Å². The van der Waals surface area contributed by atoms with E-state index in [1.807, 2.05) is 6.92 Å². The second-order valence-electron chi connectivity index (χ2n) is 5.34. The summed E-state index contributed by atoms with van der Waals surface area (Å²) in [5, 5.41) is 3.32. The third kappa shape index (κ3) is 4.35. The van der Waals surface area contributed by atoms with Crippen LogP contribution in [0.3, 0.4) is 0 Å². The van der Waals surface area contributed by atoms with Crippen molar-refractivity contribution in [1.29, 1.82) is 0 Å². The first-order valence-electron chi connectivity index (χ1n) is 7.18. The van der Waals surface area contributed by atoms with Crippen LogP contribution in [0.25, 0.3) is 0 Å². The molecule has 1 saturated heterocycles. The summed E-state index contributed by atoms with van der Waals surface area (Å²) in [5.74, 6) is 0.539. The highest BCUT2D eigenvalue weighted by atomic mass is 19.4. The van der Waals surface area contributed by atoms with E-state index in [1.54, 1.807) is 0 Å². The molecule has 0 saturated carbocycles. The first-order chi connectivity index (χ1) is 9.90. The summed E-state index contributed by atoms with van der Waals surface area (Å²) in [5.41, 5.74) is -0.0232. The van der Waals surface area contributed by atoms with E-state index < -0.39 is 11.7 Å². The van der Waals surface area contributed by atoms with E-state index in [-0.39, 0.29) is 0 Å². The molecule has 1 fully saturated rings. The van der Waals surface area contributed by atoms with E-state index in [9.17, 15) is 13.2 Å². The van der Waals surface area contributed by atoms with Gasteiger partial charge >= 0.3 is 6.18 Å². The molecule has 1 N–H and O–H groups in total. The lowest BCUT2D eigenvalue weighted by Gasteiger charge is -2.32. The number of alkyl halides is 3. The Morgan fingerprint density at radius 1 is 1.38 bits per heavy atom. The molecule has 0 radical (unpaired) electrons. The number of hydrogen-bond donors (Lipinski definition) is 1. The summed E-state index contributed by atoms with van der Waals surface area (Å²) in [6.45, 7) is 7.32. The molecule has 3 nitrogen and oxygen atoms in total. The monoisotopic (exact) mass is 302 g/mol. The molecule has 0 spiro atoms. The van der Waals surface area contributed by atoms with E-state index in [0.717, 1.165) is 25.7 Å². The molecule has 1 aliphatic rings. The van der Waals surface area contributed by atoms with E-state index in [0.29, 0.717) is 30.5 Å². The minimum Gasteiger partial charge on any atom is -0.494 e. The third-order valence-electron chi connectivity index (χ3n) is 3.53. The number of benzene rings is 1. The maximum absolute atomic E-state index is 12.9. The molecule has 21 heavy (non-hydrogen) atoms. The Bertz CT molecular complexity index is 476. The fourth-order valence-corrected chi connectivity index (χ4v) is 2.57. The predicted octanol–water partition coefficient (Wildman–Crippen LogP) is 2.90. The Morgan fingerprint density at radius 2 is 2.14 bits per heavy atom. The minimum absolute atomic E-state index is 0.347. The fourth-order valence-electron chi connectivity index (χ4n) is 2.57. The lowest BCUT2D eigenvalue weighted by molar-refractivity contribution is -0.137. The molecule has 2 rings (SSSR count). The fraction of sp³-hybridized carbons (Fsp3) is 0.600. The van der Waals surface area contributed by atoms with Gasteiger partial charge in [0.05, 0.1) is 12.2 Å². The first kappa shape index (κ1) is 16.1.